The second kappa shape index (κ2) is 6.88. The van der Waals surface area contributed by atoms with E-state index < -0.39 is 0 Å². The van der Waals surface area contributed by atoms with E-state index in [2.05, 4.69) is 51.9 Å². The molecule has 0 aliphatic carbocycles. The summed E-state index contributed by atoms with van der Waals surface area (Å²) >= 11 is 0. The lowest BCUT2D eigenvalue weighted by atomic mass is 9.97. The molecular weight excluding hydrogens is 224 g/mol. The third kappa shape index (κ3) is 5.25. The molecular formula is C15H32N2O. The second-order valence-corrected chi connectivity index (χ2v) is 6.86. The Morgan fingerprint density at radius 3 is 2.28 bits per heavy atom. The van der Waals surface area contributed by atoms with Crippen LogP contribution in [0.4, 0.5) is 0 Å². The first-order valence-corrected chi connectivity index (χ1v) is 7.36. The van der Waals surface area contributed by atoms with Crippen molar-refractivity contribution in [1.82, 2.24) is 10.2 Å². The van der Waals surface area contributed by atoms with Crippen LogP contribution in [0.1, 0.15) is 47.5 Å². The van der Waals surface area contributed by atoms with Crippen LogP contribution >= 0.6 is 0 Å². The van der Waals surface area contributed by atoms with Gasteiger partial charge in [0, 0.05) is 30.8 Å². The van der Waals surface area contributed by atoms with Crippen molar-refractivity contribution in [3.63, 3.8) is 0 Å². The van der Waals surface area contributed by atoms with Crippen molar-refractivity contribution in [3.05, 3.63) is 0 Å². The van der Waals surface area contributed by atoms with Gasteiger partial charge in [-0.15, -0.1) is 0 Å². The highest BCUT2D eigenvalue weighted by atomic mass is 16.5. The van der Waals surface area contributed by atoms with Gasteiger partial charge in [0.25, 0.3) is 0 Å². The van der Waals surface area contributed by atoms with Crippen molar-refractivity contribution in [3.8, 4) is 0 Å². The van der Waals surface area contributed by atoms with Crippen molar-refractivity contribution in [2.45, 2.75) is 65.1 Å². The number of nitrogens with one attached hydrogen (secondary N) is 1. The highest BCUT2D eigenvalue weighted by molar-refractivity contribution is 4.81. The van der Waals surface area contributed by atoms with Crippen LogP contribution in [0.3, 0.4) is 0 Å². The summed E-state index contributed by atoms with van der Waals surface area (Å²) in [5.74, 6) is 0.664. The lowest BCUT2D eigenvalue weighted by Gasteiger charge is -2.39. The van der Waals surface area contributed by atoms with Gasteiger partial charge < -0.3 is 15.0 Å². The Morgan fingerprint density at radius 1 is 1.22 bits per heavy atom. The molecule has 0 saturated carbocycles. The molecule has 1 heterocycles. The fourth-order valence-electron chi connectivity index (χ4n) is 2.46. The van der Waals surface area contributed by atoms with Gasteiger partial charge in [0.05, 0.1) is 0 Å². The van der Waals surface area contributed by atoms with Gasteiger partial charge in [0.15, 0.2) is 0 Å². The van der Waals surface area contributed by atoms with Crippen molar-refractivity contribution in [2.24, 2.45) is 5.92 Å². The van der Waals surface area contributed by atoms with Gasteiger partial charge in [0.2, 0.25) is 0 Å². The Balaban J connectivity index is 2.39. The molecule has 108 valence electrons. The SMILES string of the molecule is CC(CNC(C)(C)C)C(C)N(C)C1CCOCC1. The van der Waals surface area contributed by atoms with Gasteiger partial charge >= 0.3 is 0 Å². The Kier molecular flexibility index (Phi) is 6.09. The summed E-state index contributed by atoms with van der Waals surface area (Å²) in [6.07, 6.45) is 2.36. The maximum atomic E-state index is 5.44. The maximum Gasteiger partial charge on any atom is 0.0480 e. The molecule has 0 aromatic carbocycles. The first-order valence-electron chi connectivity index (χ1n) is 7.36. The van der Waals surface area contributed by atoms with Gasteiger partial charge in [-0.25, -0.2) is 0 Å². The van der Waals surface area contributed by atoms with Gasteiger partial charge in [-0.05, 0) is 60.0 Å². The van der Waals surface area contributed by atoms with Crippen LogP contribution in [0.2, 0.25) is 0 Å². The van der Waals surface area contributed by atoms with E-state index in [9.17, 15) is 0 Å². The summed E-state index contributed by atoms with van der Waals surface area (Å²) in [5.41, 5.74) is 0.214. The minimum atomic E-state index is 0.214. The number of ether oxygens (including phenoxy) is 1. The third-order valence-corrected chi connectivity index (χ3v) is 4.19. The molecule has 2 unspecified atom stereocenters. The standard InChI is InChI=1S/C15H32N2O/c1-12(11-16-15(3,4)5)13(2)17(6)14-7-9-18-10-8-14/h12-14,16H,7-11H2,1-6H3. The zero-order chi connectivity index (χ0) is 13.8. The van der Waals surface area contributed by atoms with Crippen LogP contribution in [0.25, 0.3) is 0 Å². The molecule has 0 aromatic heterocycles. The minimum Gasteiger partial charge on any atom is -0.381 e. The van der Waals surface area contributed by atoms with Crippen LogP contribution in [-0.4, -0.2) is 49.3 Å². The fraction of sp³-hybridized carbons (Fsp3) is 1.00. The highest BCUT2D eigenvalue weighted by Crippen LogP contribution is 2.19. The smallest absolute Gasteiger partial charge is 0.0480 e. The van der Waals surface area contributed by atoms with E-state index >= 15 is 0 Å². The van der Waals surface area contributed by atoms with Gasteiger partial charge in [-0.1, -0.05) is 6.92 Å². The average molecular weight is 256 g/mol. The molecule has 1 aliphatic heterocycles. The summed E-state index contributed by atoms with van der Waals surface area (Å²) in [4.78, 5) is 2.55. The van der Waals surface area contributed by atoms with Crippen molar-refractivity contribution >= 4 is 0 Å². The second-order valence-electron chi connectivity index (χ2n) is 6.86. The Bertz CT molecular complexity index is 231. The molecule has 0 amide bonds. The molecule has 1 aliphatic rings. The summed E-state index contributed by atoms with van der Waals surface area (Å²) in [7, 11) is 2.27. The van der Waals surface area contributed by atoms with E-state index in [1.54, 1.807) is 0 Å². The van der Waals surface area contributed by atoms with E-state index in [0.717, 1.165) is 19.8 Å². The Hall–Kier alpha value is -0.120. The Labute approximate surface area is 113 Å². The normalized spacial score (nSPS) is 22.2. The number of rotatable bonds is 5. The summed E-state index contributed by atoms with van der Waals surface area (Å²) in [6, 6.07) is 1.31. The molecule has 3 heteroatoms. The molecule has 0 bridgehead atoms. The van der Waals surface area contributed by atoms with E-state index in [1.165, 1.54) is 12.8 Å². The minimum absolute atomic E-state index is 0.214. The first-order chi connectivity index (χ1) is 8.31. The third-order valence-electron chi connectivity index (χ3n) is 4.19. The van der Waals surface area contributed by atoms with Crippen LogP contribution in [0.5, 0.6) is 0 Å². The quantitative estimate of drug-likeness (QED) is 0.818. The fourth-order valence-corrected chi connectivity index (χ4v) is 2.46. The maximum absolute atomic E-state index is 5.44. The van der Waals surface area contributed by atoms with E-state index in [1.807, 2.05) is 0 Å². The summed E-state index contributed by atoms with van der Waals surface area (Å²) in [6.45, 7) is 14.3. The van der Waals surface area contributed by atoms with Crippen molar-refractivity contribution in [1.29, 1.82) is 0 Å². The molecule has 2 atom stereocenters. The van der Waals surface area contributed by atoms with Gasteiger partial charge in [-0.3, -0.25) is 0 Å². The number of hydrogen-bond acceptors (Lipinski definition) is 3. The predicted molar refractivity (Wildman–Crippen MR) is 78.0 cm³/mol. The van der Waals surface area contributed by atoms with E-state index in [-0.39, 0.29) is 5.54 Å². The topological polar surface area (TPSA) is 24.5 Å². The zero-order valence-corrected chi connectivity index (χ0v) is 13.1. The number of nitrogens with zero attached hydrogens (tertiary/aromatic N) is 1. The van der Waals surface area contributed by atoms with E-state index in [4.69, 9.17) is 4.74 Å². The van der Waals surface area contributed by atoms with Gasteiger partial charge in [-0.2, -0.15) is 0 Å². The van der Waals surface area contributed by atoms with Crippen molar-refractivity contribution in [2.75, 3.05) is 26.8 Å². The molecule has 0 aromatic rings. The van der Waals surface area contributed by atoms with Crippen LogP contribution < -0.4 is 5.32 Å². The first kappa shape index (κ1) is 15.9. The number of hydrogen-bond donors (Lipinski definition) is 1. The molecule has 0 radical (unpaired) electrons. The molecule has 1 saturated heterocycles. The molecule has 3 nitrogen and oxygen atoms in total. The molecule has 0 spiro atoms. The highest BCUT2D eigenvalue weighted by Gasteiger charge is 2.26. The predicted octanol–water partition coefficient (Wildman–Crippen LogP) is 2.51. The van der Waals surface area contributed by atoms with E-state index in [0.29, 0.717) is 18.0 Å². The van der Waals surface area contributed by atoms with Crippen LogP contribution in [0, 0.1) is 5.92 Å². The lowest BCUT2D eigenvalue weighted by Crippen LogP contribution is -2.48. The molecule has 1 N–H and O–H groups in total. The average Bonchev–Trinajstić information content (AvgIpc) is 2.34. The monoisotopic (exact) mass is 256 g/mol. The molecule has 1 rings (SSSR count). The van der Waals surface area contributed by atoms with Crippen molar-refractivity contribution < 1.29 is 4.74 Å². The van der Waals surface area contributed by atoms with Crippen LogP contribution in [-0.2, 0) is 4.74 Å². The summed E-state index contributed by atoms with van der Waals surface area (Å²) in [5, 5.41) is 3.61. The lowest BCUT2D eigenvalue weighted by molar-refractivity contribution is 0.0221. The summed E-state index contributed by atoms with van der Waals surface area (Å²) < 4.78 is 5.44. The molecule has 1 fully saturated rings. The largest absolute Gasteiger partial charge is 0.381 e. The molecule has 18 heavy (non-hydrogen) atoms. The Morgan fingerprint density at radius 2 is 1.78 bits per heavy atom. The van der Waals surface area contributed by atoms with Gasteiger partial charge in [0.1, 0.15) is 0 Å². The zero-order valence-electron chi connectivity index (χ0n) is 13.1. The van der Waals surface area contributed by atoms with Crippen LogP contribution in [0.15, 0.2) is 0 Å².